The number of piperidine rings is 1. The average molecular weight is 449 g/mol. The van der Waals surface area contributed by atoms with E-state index in [-0.39, 0.29) is 5.91 Å². The maximum atomic E-state index is 12.8. The minimum absolute atomic E-state index is 0.0895. The molecule has 4 aromatic rings. The lowest BCUT2D eigenvalue weighted by Gasteiger charge is -2.29. The fraction of sp³-hybridized carbons (Fsp3) is 0.292. The topological polar surface area (TPSA) is 58.1 Å². The zero-order chi connectivity index (χ0) is 21.4. The Morgan fingerprint density at radius 1 is 1.06 bits per heavy atom. The summed E-state index contributed by atoms with van der Waals surface area (Å²) in [5.41, 5.74) is 3.91. The van der Waals surface area contributed by atoms with Crippen molar-refractivity contribution < 1.29 is 4.79 Å². The van der Waals surface area contributed by atoms with Gasteiger partial charge >= 0.3 is 0 Å². The summed E-state index contributed by atoms with van der Waals surface area (Å²) in [5.74, 6) is 0.712. The van der Waals surface area contributed by atoms with E-state index in [2.05, 4.69) is 28.2 Å². The molecule has 1 amide bonds. The molecule has 3 aromatic heterocycles. The number of anilines is 2. The zero-order valence-electron chi connectivity index (χ0n) is 17.6. The summed E-state index contributed by atoms with van der Waals surface area (Å²) in [6.07, 6.45) is 4.31. The Labute approximate surface area is 189 Å². The Balaban J connectivity index is 1.26. The first-order valence-corrected chi connectivity index (χ1v) is 12.2. The van der Waals surface area contributed by atoms with Gasteiger partial charge in [-0.05, 0) is 55.5 Å². The van der Waals surface area contributed by atoms with Gasteiger partial charge < -0.3 is 10.2 Å². The van der Waals surface area contributed by atoms with Crippen molar-refractivity contribution in [3.05, 3.63) is 59.2 Å². The smallest absolute Gasteiger partial charge is 0.265 e. The monoisotopic (exact) mass is 448 g/mol. The quantitative estimate of drug-likeness (QED) is 0.403. The Kier molecular flexibility index (Phi) is 5.46. The van der Waals surface area contributed by atoms with Gasteiger partial charge in [0.2, 0.25) is 0 Å². The van der Waals surface area contributed by atoms with E-state index < -0.39 is 0 Å². The SMILES string of the molecule is Cc1ccc(-c2ccc(NC(=O)c3cc4sc(N5CCC(C)CC5)nc4s3)cc2)cn1. The molecular weight excluding hydrogens is 424 g/mol. The number of amides is 1. The number of carbonyl (C=O) groups excluding carboxylic acids is 1. The third-order valence-corrected chi connectivity index (χ3v) is 7.96. The highest BCUT2D eigenvalue weighted by Gasteiger charge is 2.21. The van der Waals surface area contributed by atoms with Crippen molar-refractivity contribution in [3.63, 3.8) is 0 Å². The summed E-state index contributed by atoms with van der Waals surface area (Å²) in [5, 5.41) is 4.09. The number of aromatic nitrogens is 2. The minimum Gasteiger partial charge on any atom is -0.348 e. The number of hydrogen-bond donors (Lipinski definition) is 1. The molecule has 0 atom stereocenters. The summed E-state index contributed by atoms with van der Waals surface area (Å²) < 4.78 is 1.09. The molecule has 0 unspecified atom stereocenters. The molecule has 5 rings (SSSR count). The van der Waals surface area contributed by atoms with Gasteiger partial charge in [0.15, 0.2) is 5.13 Å². The molecule has 1 aliphatic rings. The molecule has 7 heteroatoms. The molecule has 1 saturated heterocycles. The maximum Gasteiger partial charge on any atom is 0.265 e. The van der Waals surface area contributed by atoms with Crippen LogP contribution in [0.1, 0.15) is 35.1 Å². The fourth-order valence-corrected chi connectivity index (χ4v) is 5.91. The zero-order valence-corrected chi connectivity index (χ0v) is 19.2. The largest absolute Gasteiger partial charge is 0.348 e. The molecule has 0 saturated carbocycles. The normalized spacial score (nSPS) is 14.8. The second kappa shape index (κ2) is 8.40. The first-order chi connectivity index (χ1) is 15.0. The summed E-state index contributed by atoms with van der Waals surface area (Å²) in [4.78, 5) is 25.9. The molecule has 158 valence electrons. The number of nitrogens with one attached hydrogen (secondary N) is 1. The van der Waals surface area contributed by atoms with Crippen molar-refractivity contribution >= 4 is 48.9 Å². The predicted molar refractivity (Wildman–Crippen MR) is 130 cm³/mol. The van der Waals surface area contributed by atoms with E-state index in [1.165, 1.54) is 24.2 Å². The van der Waals surface area contributed by atoms with Crippen molar-refractivity contribution in [2.75, 3.05) is 23.3 Å². The molecule has 4 heterocycles. The number of benzene rings is 1. The number of rotatable bonds is 4. The van der Waals surface area contributed by atoms with Crippen molar-refractivity contribution in [1.82, 2.24) is 9.97 Å². The van der Waals surface area contributed by atoms with Crippen LogP contribution in [0, 0.1) is 12.8 Å². The van der Waals surface area contributed by atoms with E-state index in [4.69, 9.17) is 4.98 Å². The fourth-order valence-electron chi connectivity index (χ4n) is 3.75. The van der Waals surface area contributed by atoms with E-state index in [1.54, 1.807) is 11.3 Å². The van der Waals surface area contributed by atoms with E-state index in [9.17, 15) is 4.79 Å². The van der Waals surface area contributed by atoms with Crippen LogP contribution >= 0.6 is 22.7 Å². The molecule has 0 bridgehead atoms. The number of fused-ring (bicyclic) bond motifs is 1. The molecule has 0 spiro atoms. The van der Waals surface area contributed by atoms with Crippen LogP contribution in [0.2, 0.25) is 0 Å². The third kappa shape index (κ3) is 4.34. The van der Waals surface area contributed by atoms with Crippen molar-refractivity contribution in [3.8, 4) is 11.1 Å². The van der Waals surface area contributed by atoms with E-state index in [0.717, 1.165) is 56.2 Å². The van der Waals surface area contributed by atoms with Crippen LogP contribution in [0.5, 0.6) is 0 Å². The van der Waals surface area contributed by atoms with E-state index >= 15 is 0 Å². The lowest BCUT2D eigenvalue weighted by Crippen LogP contribution is -2.32. The number of carbonyl (C=O) groups is 1. The number of hydrogen-bond acceptors (Lipinski definition) is 6. The summed E-state index contributed by atoms with van der Waals surface area (Å²) in [7, 11) is 0. The van der Waals surface area contributed by atoms with E-state index in [0.29, 0.717) is 4.88 Å². The number of aryl methyl sites for hydroxylation is 1. The van der Waals surface area contributed by atoms with Crippen LogP contribution in [0.15, 0.2) is 48.7 Å². The molecule has 31 heavy (non-hydrogen) atoms. The number of thiophene rings is 1. The maximum absolute atomic E-state index is 12.8. The summed E-state index contributed by atoms with van der Waals surface area (Å²) in [6, 6.07) is 13.9. The standard InChI is InChI=1S/C24H24N4OS2/c1-15-9-11-28(12-10-15)24-27-23-21(31-24)13-20(30-23)22(29)26-19-7-5-17(6-8-19)18-4-3-16(2)25-14-18/h3-8,13-15H,9-12H2,1-2H3,(H,26,29). The Morgan fingerprint density at radius 3 is 2.48 bits per heavy atom. The van der Waals surface area contributed by atoms with Gasteiger partial charge in [0.1, 0.15) is 4.83 Å². The highest BCUT2D eigenvalue weighted by atomic mass is 32.1. The van der Waals surface area contributed by atoms with Gasteiger partial charge in [-0.3, -0.25) is 9.78 Å². The molecule has 5 nitrogen and oxygen atoms in total. The van der Waals surface area contributed by atoms with Gasteiger partial charge in [-0.25, -0.2) is 4.98 Å². The predicted octanol–water partition coefficient (Wildman–Crippen LogP) is 6.22. The van der Waals surface area contributed by atoms with Gasteiger partial charge in [0, 0.05) is 36.2 Å². The van der Waals surface area contributed by atoms with Crippen LogP contribution < -0.4 is 10.2 Å². The number of thiazole rings is 1. The molecule has 1 N–H and O–H groups in total. The molecular formula is C24H24N4OS2. The van der Waals surface area contributed by atoms with Gasteiger partial charge in [-0.2, -0.15) is 0 Å². The highest BCUT2D eigenvalue weighted by Crippen LogP contribution is 2.36. The first kappa shape index (κ1) is 20.2. The third-order valence-electron chi connectivity index (χ3n) is 5.74. The van der Waals surface area contributed by atoms with Crippen LogP contribution in [0.25, 0.3) is 20.7 Å². The van der Waals surface area contributed by atoms with Gasteiger partial charge in [0.25, 0.3) is 5.91 Å². The molecule has 1 fully saturated rings. The van der Waals surface area contributed by atoms with Gasteiger partial charge in [-0.1, -0.05) is 36.5 Å². The van der Waals surface area contributed by atoms with Crippen molar-refractivity contribution in [2.24, 2.45) is 5.92 Å². The molecule has 0 radical (unpaired) electrons. The van der Waals surface area contributed by atoms with Crippen LogP contribution in [0.3, 0.4) is 0 Å². The lowest BCUT2D eigenvalue weighted by molar-refractivity contribution is 0.103. The Hall–Kier alpha value is -2.77. The molecule has 1 aliphatic heterocycles. The average Bonchev–Trinajstić information content (AvgIpc) is 3.35. The number of nitrogens with zero attached hydrogens (tertiary/aromatic N) is 3. The lowest BCUT2D eigenvalue weighted by atomic mass is 10.00. The Morgan fingerprint density at radius 2 is 1.81 bits per heavy atom. The number of pyridine rings is 1. The van der Waals surface area contributed by atoms with Gasteiger partial charge in [0.05, 0.1) is 9.58 Å². The van der Waals surface area contributed by atoms with Crippen molar-refractivity contribution in [1.29, 1.82) is 0 Å². The Bertz CT molecular complexity index is 1170. The van der Waals surface area contributed by atoms with Gasteiger partial charge in [-0.15, -0.1) is 11.3 Å². The molecule has 0 aliphatic carbocycles. The van der Waals surface area contributed by atoms with Crippen LogP contribution in [-0.4, -0.2) is 29.0 Å². The highest BCUT2D eigenvalue weighted by molar-refractivity contribution is 7.29. The molecule has 1 aromatic carbocycles. The summed E-state index contributed by atoms with van der Waals surface area (Å²) in [6.45, 7) is 6.44. The summed E-state index contributed by atoms with van der Waals surface area (Å²) >= 11 is 3.15. The minimum atomic E-state index is -0.0895. The second-order valence-electron chi connectivity index (χ2n) is 8.17. The second-order valence-corrected chi connectivity index (χ2v) is 10.2. The van der Waals surface area contributed by atoms with E-state index in [1.807, 2.05) is 49.5 Å². The first-order valence-electron chi connectivity index (χ1n) is 10.5. The van der Waals surface area contributed by atoms with Crippen molar-refractivity contribution in [2.45, 2.75) is 26.7 Å². The van der Waals surface area contributed by atoms with Crippen LogP contribution in [-0.2, 0) is 0 Å². The van der Waals surface area contributed by atoms with Crippen LogP contribution in [0.4, 0.5) is 10.8 Å².